The normalized spacial score (nSPS) is 40.1. The molecule has 0 bridgehead atoms. The van der Waals surface area contributed by atoms with E-state index in [1.54, 1.807) is 0 Å². The highest BCUT2D eigenvalue weighted by atomic mass is 32.2. The predicted molar refractivity (Wildman–Crippen MR) is 71.1 cm³/mol. The Balaban J connectivity index is 1.85. The zero-order valence-corrected chi connectivity index (χ0v) is 11.4. The van der Waals surface area contributed by atoms with Gasteiger partial charge in [-0.2, -0.15) is 11.8 Å². The van der Waals surface area contributed by atoms with Gasteiger partial charge in [-0.15, -0.1) is 0 Å². The summed E-state index contributed by atoms with van der Waals surface area (Å²) in [7, 11) is 0. The molecule has 4 unspecified atom stereocenters. The Morgan fingerprint density at radius 1 is 1.19 bits per heavy atom. The molecule has 94 valence electrons. The van der Waals surface area contributed by atoms with Crippen LogP contribution in [0.5, 0.6) is 0 Å². The van der Waals surface area contributed by atoms with Gasteiger partial charge < -0.3 is 10.1 Å². The molecule has 2 aliphatic rings. The standard InChI is InChI=1S/C13H25NOS/c1-3-16-13-7-5-4-6-12(13)14-11-8-9-15-10(11)2/h10-14H,3-9H2,1-2H3. The number of ether oxygens (including phenoxy) is 1. The SMILES string of the molecule is CCSC1CCCCC1NC1CCOC1C. The number of thioether (sulfide) groups is 1. The van der Waals surface area contributed by atoms with E-state index in [-0.39, 0.29) is 0 Å². The van der Waals surface area contributed by atoms with Crippen molar-refractivity contribution in [1.82, 2.24) is 5.32 Å². The molecule has 2 fully saturated rings. The van der Waals surface area contributed by atoms with E-state index in [4.69, 9.17) is 4.74 Å². The van der Waals surface area contributed by atoms with Crippen molar-refractivity contribution in [2.75, 3.05) is 12.4 Å². The molecule has 1 aliphatic carbocycles. The summed E-state index contributed by atoms with van der Waals surface area (Å²) >= 11 is 2.14. The van der Waals surface area contributed by atoms with Crippen molar-refractivity contribution in [2.45, 2.75) is 69.4 Å². The lowest BCUT2D eigenvalue weighted by Crippen LogP contribution is -2.48. The van der Waals surface area contributed by atoms with Gasteiger partial charge in [0.05, 0.1) is 6.10 Å². The molecule has 2 rings (SSSR count). The van der Waals surface area contributed by atoms with Crippen LogP contribution in [0, 0.1) is 0 Å². The fourth-order valence-electron chi connectivity index (χ4n) is 2.93. The Labute approximate surface area is 104 Å². The van der Waals surface area contributed by atoms with Crippen molar-refractivity contribution in [3.05, 3.63) is 0 Å². The maximum atomic E-state index is 5.63. The molecule has 1 heterocycles. The zero-order valence-electron chi connectivity index (χ0n) is 10.6. The topological polar surface area (TPSA) is 21.3 Å². The largest absolute Gasteiger partial charge is 0.377 e. The smallest absolute Gasteiger partial charge is 0.0700 e. The van der Waals surface area contributed by atoms with Gasteiger partial charge in [-0.1, -0.05) is 19.8 Å². The molecule has 0 radical (unpaired) electrons. The lowest BCUT2D eigenvalue weighted by atomic mass is 9.93. The maximum Gasteiger partial charge on any atom is 0.0700 e. The second-order valence-electron chi connectivity index (χ2n) is 5.02. The number of hydrogen-bond acceptors (Lipinski definition) is 3. The molecule has 0 aromatic carbocycles. The predicted octanol–water partition coefficient (Wildman–Crippen LogP) is 2.82. The maximum absolute atomic E-state index is 5.63. The fourth-order valence-corrected chi connectivity index (χ4v) is 4.14. The first-order valence-electron chi connectivity index (χ1n) is 6.80. The van der Waals surface area contributed by atoms with E-state index in [1.807, 2.05) is 0 Å². The van der Waals surface area contributed by atoms with Crippen LogP contribution in [0.25, 0.3) is 0 Å². The van der Waals surface area contributed by atoms with Crippen LogP contribution >= 0.6 is 11.8 Å². The van der Waals surface area contributed by atoms with Crippen LogP contribution in [0.1, 0.15) is 46.0 Å². The summed E-state index contributed by atoms with van der Waals surface area (Å²) in [6, 6.07) is 1.33. The van der Waals surface area contributed by atoms with Crippen LogP contribution in [-0.2, 0) is 4.74 Å². The summed E-state index contributed by atoms with van der Waals surface area (Å²) in [4.78, 5) is 0. The van der Waals surface area contributed by atoms with Crippen molar-refractivity contribution in [3.63, 3.8) is 0 Å². The lowest BCUT2D eigenvalue weighted by molar-refractivity contribution is 0.109. The van der Waals surface area contributed by atoms with Crippen molar-refractivity contribution >= 4 is 11.8 Å². The van der Waals surface area contributed by atoms with E-state index in [1.165, 1.54) is 37.9 Å². The molecular weight excluding hydrogens is 218 g/mol. The quantitative estimate of drug-likeness (QED) is 0.820. The van der Waals surface area contributed by atoms with E-state index in [0.717, 1.165) is 17.9 Å². The molecule has 1 N–H and O–H groups in total. The Morgan fingerprint density at radius 3 is 2.69 bits per heavy atom. The lowest BCUT2D eigenvalue weighted by Gasteiger charge is -2.34. The van der Waals surface area contributed by atoms with Gasteiger partial charge in [-0.25, -0.2) is 0 Å². The van der Waals surface area contributed by atoms with Crippen LogP contribution in [-0.4, -0.2) is 35.8 Å². The third kappa shape index (κ3) is 3.14. The van der Waals surface area contributed by atoms with Gasteiger partial charge in [0.2, 0.25) is 0 Å². The molecule has 1 aliphatic heterocycles. The summed E-state index contributed by atoms with van der Waals surface area (Å²) in [6.45, 7) is 5.42. The molecule has 4 atom stereocenters. The number of rotatable bonds is 4. The highest BCUT2D eigenvalue weighted by molar-refractivity contribution is 7.99. The molecule has 2 nitrogen and oxygen atoms in total. The third-order valence-electron chi connectivity index (χ3n) is 3.89. The highest BCUT2D eigenvalue weighted by Crippen LogP contribution is 2.29. The molecule has 1 saturated heterocycles. The Bertz CT molecular complexity index is 210. The monoisotopic (exact) mass is 243 g/mol. The Hall–Kier alpha value is 0.270. The first-order valence-corrected chi connectivity index (χ1v) is 7.85. The van der Waals surface area contributed by atoms with Gasteiger partial charge in [-0.3, -0.25) is 0 Å². The van der Waals surface area contributed by atoms with Crippen molar-refractivity contribution in [1.29, 1.82) is 0 Å². The van der Waals surface area contributed by atoms with Gasteiger partial charge in [0.15, 0.2) is 0 Å². The second kappa shape index (κ2) is 6.27. The second-order valence-corrected chi connectivity index (χ2v) is 6.54. The molecule has 0 spiro atoms. The zero-order chi connectivity index (χ0) is 11.4. The minimum absolute atomic E-state index is 0.411. The van der Waals surface area contributed by atoms with Crippen LogP contribution in [0.2, 0.25) is 0 Å². The Kier molecular flexibility index (Phi) is 4.98. The van der Waals surface area contributed by atoms with E-state index < -0.39 is 0 Å². The summed E-state index contributed by atoms with van der Waals surface area (Å²) in [5, 5.41) is 4.70. The van der Waals surface area contributed by atoms with Gasteiger partial charge >= 0.3 is 0 Å². The van der Waals surface area contributed by atoms with Crippen LogP contribution in [0.15, 0.2) is 0 Å². The van der Waals surface area contributed by atoms with E-state index in [0.29, 0.717) is 12.1 Å². The summed E-state index contributed by atoms with van der Waals surface area (Å²) < 4.78 is 5.63. The summed E-state index contributed by atoms with van der Waals surface area (Å²) in [5.74, 6) is 1.25. The van der Waals surface area contributed by atoms with Gasteiger partial charge in [0.25, 0.3) is 0 Å². The van der Waals surface area contributed by atoms with Gasteiger partial charge in [-0.05, 0) is 31.9 Å². The van der Waals surface area contributed by atoms with Crippen molar-refractivity contribution in [3.8, 4) is 0 Å². The molecule has 1 saturated carbocycles. The van der Waals surface area contributed by atoms with E-state index in [9.17, 15) is 0 Å². The van der Waals surface area contributed by atoms with Gasteiger partial charge in [0, 0.05) is 23.9 Å². The highest BCUT2D eigenvalue weighted by Gasteiger charge is 2.31. The average molecular weight is 243 g/mol. The van der Waals surface area contributed by atoms with E-state index in [2.05, 4.69) is 30.9 Å². The van der Waals surface area contributed by atoms with E-state index >= 15 is 0 Å². The minimum atomic E-state index is 0.411. The molecule has 0 amide bonds. The number of nitrogens with one attached hydrogen (secondary N) is 1. The first-order chi connectivity index (χ1) is 7.81. The first kappa shape index (κ1) is 12.7. The van der Waals surface area contributed by atoms with Crippen LogP contribution in [0.3, 0.4) is 0 Å². The summed E-state index contributed by atoms with van der Waals surface area (Å²) in [5.41, 5.74) is 0. The van der Waals surface area contributed by atoms with Gasteiger partial charge in [0.1, 0.15) is 0 Å². The third-order valence-corrected chi connectivity index (χ3v) is 5.21. The van der Waals surface area contributed by atoms with Crippen LogP contribution < -0.4 is 5.32 Å². The van der Waals surface area contributed by atoms with Crippen molar-refractivity contribution in [2.24, 2.45) is 0 Å². The summed E-state index contributed by atoms with van der Waals surface area (Å²) in [6.07, 6.45) is 7.20. The molecule has 16 heavy (non-hydrogen) atoms. The molecule has 0 aromatic rings. The average Bonchev–Trinajstić information content (AvgIpc) is 2.68. The Morgan fingerprint density at radius 2 is 2.00 bits per heavy atom. The fraction of sp³-hybridized carbons (Fsp3) is 1.00. The van der Waals surface area contributed by atoms with Crippen LogP contribution in [0.4, 0.5) is 0 Å². The van der Waals surface area contributed by atoms with Crippen molar-refractivity contribution < 1.29 is 4.74 Å². The number of hydrogen-bond donors (Lipinski definition) is 1. The molecular formula is C13H25NOS. The molecule has 0 aromatic heterocycles. The minimum Gasteiger partial charge on any atom is -0.377 e. The molecule has 3 heteroatoms.